The molecule has 1 aromatic heterocycles. The van der Waals surface area contributed by atoms with E-state index >= 15 is 0 Å². The van der Waals surface area contributed by atoms with Gasteiger partial charge in [0.2, 0.25) is 18.2 Å². The maximum absolute atomic E-state index is 12.7. The number of ether oxygens (including phenoxy) is 1. The van der Waals surface area contributed by atoms with Gasteiger partial charge in [0, 0.05) is 12.0 Å². The molecule has 2 rings (SSSR count). The molecule has 1 aliphatic carbocycles. The van der Waals surface area contributed by atoms with E-state index in [2.05, 4.69) is 21.9 Å². The Kier molecular flexibility index (Phi) is 6.14. The second kappa shape index (κ2) is 7.96. The molecule has 26 heavy (non-hydrogen) atoms. The molecule has 0 aromatic carbocycles. The van der Waals surface area contributed by atoms with Crippen molar-refractivity contribution in [2.75, 3.05) is 0 Å². The van der Waals surface area contributed by atoms with Crippen molar-refractivity contribution in [3.05, 3.63) is 30.2 Å². The molecule has 1 amide bonds. The minimum Gasteiger partial charge on any atom is -0.465 e. The van der Waals surface area contributed by atoms with Crippen molar-refractivity contribution >= 4 is 5.91 Å². The summed E-state index contributed by atoms with van der Waals surface area (Å²) in [6.45, 7) is 4.41. The van der Waals surface area contributed by atoms with Gasteiger partial charge in [-0.15, -0.1) is 0 Å². The van der Waals surface area contributed by atoms with Crippen LogP contribution in [0.15, 0.2) is 24.5 Å². The highest BCUT2D eigenvalue weighted by molar-refractivity contribution is 5.81. The van der Waals surface area contributed by atoms with Gasteiger partial charge in [-0.05, 0) is 19.8 Å². The van der Waals surface area contributed by atoms with Gasteiger partial charge in [0.1, 0.15) is 6.33 Å². The Balaban J connectivity index is 1.92. The van der Waals surface area contributed by atoms with Gasteiger partial charge < -0.3 is 10.1 Å². The Labute approximate surface area is 146 Å². The molecule has 1 saturated carbocycles. The number of alkyl halides is 5. The maximum Gasteiger partial charge on any atom is 0.425 e. The minimum absolute atomic E-state index is 0.0174. The zero-order valence-corrected chi connectivity index (χ0v) is 13.9. The van der Waals surface area contributed by atoms with Crippen molar-refractivity contribution in [1.29, 1.82) is 0 Å². The summed E-state index contributed by atoms with van der Waals surface area (Å²) < 4.78 is 67.7. The van der Waals surface area contributed by atoms with E-state index in [0.29, 0.717) is 5.57 Å². The number of nitrogens with one attached hydrogen (secondary N) is 1. The number of halogens is 5. The van der Waals surface area contributed by atoms with Crippen molar-refractivity contribution in [1.82, 2.24) is 15.3 Å². The number of carbonyl (C=O) groups excluding carboxylic acids is 1. The molecule has 3 atom stereocenters. The molecule has 1 aliphatic rings. The summed E-state index contributed by atoms with van der Waals surface area (Å²) in [5.41, 5.74) is 0.672. The number of carbonyl (C=O) groups is 1. The van der Waals surface area contributed by atoms with Gasteiger partial charge in [0.05, 0.1) is 18.2 Å². The van der Waals surface area contributed by atoms with Crippen LogP contribution in [0.3, 0.4) is 0 Å². The van der Waals surface area contributed by atoms with E-state index in [1.807, 2.05) is 0 Å². The van der Waals surface area contributed by atoms with E-state index in [1.54, 1.807) is 0 Å². The first-order valence-corrected chi connectivity index (χ1v) is 7.85. The zero-order valence-electron chi connectivity index (χ0n) is 13.9. The third-order valence-corrected chi connectivity index (χ3v) is 4.13. The van der Waals surface area contributed by atoms with Gasteiger partial charge in [-0.25, -0.2) is 18.7 Å². The van der Waals surface area contributed by atoms with Crippen LogP contribution in [0.2, 0.25) is 0 Å². The molecule has 0 spiro atoms. The second-order valence-electron chi connectivity index (χ2n) is 6.11. The van der Waals surface area contributed by atoms with Gasteiger partial charge in [-0.1, -0.05) is 12.2 Å². The summed E-state index contributed by atoms with van der Waals surface area (Å²) in [5.74, 6) is -2.35. The van der Waals surface area contributed by atoms with Gasteiger partial charge in [-0.3, -0.25) is 4.79 Å². The Morgan fingerprint density at radius 3 is 2.69 bits per heavy atom. The summed E-state index contributed by atoms with van der Waals surface area (Å²) in [6.07, 6.45) is -7.97. The number of nitrogens with zero attached hydrogens (tertiary/aromatic N) is 2. The van der Waals surface area contributed by atoms with Gasteiger partial charge in [0.25, 0.3) is 0 Å². The molecule has 144 valence electrons. The molecule has 10 heteroatoms. The maximum atomic E-state index is 12.7. The summed E-state index contributed by atoms with van der Waals surface area (Å²) in [4.78, 5) is 19.6. The smallest absolute Gasteiger partial charge is 0.425 e. The SMILES string of the molecule is C=C1C[C@H](C(F)F)C[C@H]1C(=O)NCc1cc(O[C@H](C)C(F)(F)F)ncn1. The van der Waals surface area contributed by atoms with Crippen molar-refractivity contribution in [2.24, 2.45) is 11.8 Å². The lowest BCUT2D eigenvalue weighted by Gasteiger charge is -2.17. The Morgan fingerprint density at radius 1 is 1.42 bits per heavy atom. The molecule has 1 N–H and O–H groups in total. The molecule has 1 fully saturated rings. The van der Waals surface area contributed by atoms with Gasteiger partial charge in [-0.2, -0.15) is 13.2 Å². The van der Waals surface area contributed by atoms with E-state index in [-0.39, 0.29) is 31.0 Å². The van der Waals surface area contributed by atoms with Crippen LogP contribution in [-0.4, -0.2) is 34.6 Å². The van der Waals surface area contributed by atoms with Crippen molar-refractivity contribution in [3.63, 3.8) is 0 Å². The van der Waals surface area contributed by atoms with Crippen LogP contribution in [0.5, 0.6) is 5.88 Å². The average Bonchev–Trinajstić information content (AvgIpc) is 2.94. The van der Waals surface area contributed by atoms with Crippen molar-refractivity contribution < 1.29 is 31.5 Å². The van der Waals surface area contributed by atoms with Crippen molar-refractivity contribution in [2.45, 2.75) is 45.0 Å². The van der Waals surface area contributed by atoms with Gasteiger partial charge >= 0.3 is 6.18 Å². The Bertz CT molecular complexity index is 666. The topological polar surface area (TPSA) is 64.1 Å². The minimum atomic E-state index is -4.54. The highest BCUT2D eigenvalue weighted by Crippen LogP contribution is 2.38. The van der Waals surface area contributed by atoms with Gasteiger partial charge in [0.15, 0.2) is 6.10 Å². The summed E-state index contributed by atoms with van der Waals surface area (Å²) in [6, 6.07) is 1.17. The third-order valence-electron chi connectivity index (χ3n) is 4.13. The molecule has 1 heterocycles. The van der Waals surface area contributed by atoms with E-state index in [0.717, 1.165) is 13.3 Å². The standard InChI is InChI=1S/C16H18F5N3O2/c1-8-3-10(14(17)18)4-12(8)15(25)22-6-11-5-13(24-7-23-11)26-9(2)16(19,20)21/h5,7,9-10,12,14H,1,3-4,6H2,2H3,(H,22,25)/t9-,10+,12-/m1/s1. The molecule has 5 nitrogen and oxygen atoms in total. The predicted molar refractivity (Wildman–Crippen MR) is 81.4 cm³/mol. The van der Waals surface area contributed by atoms with Crippen LogP contribution in [0.1, 0.15) is 25.5 Å². The Hall–Kier alpha value is -2.26. The fourth-order valence-corrected chi connectivity index (χ4v) is 2.60. The zero-order chi connectivity index (χ0) is 19.5. The first-order chi connectivity index (χ1) is 12.1. The van der Waals surface area contributed by atoms with Crippen LogP contribution >= 0.6 is 0 Å². The largest absolute Gasteiger partial charge is 0.465 e. The second-order valence-corrected chi connectivity index (χ2v) is 6.11. The summed E-state index contributed by atoms with van der Waals surface area (Å²) >= 11 is 0. The molecule has 0 saturated heterocycles. The monoisotopic (exact) mass is 379 g/mol. The van der Waals surface area contributed by atoms with Crippen LogP contribution in [-0.2, 0) is 11.3 Å². The fraction of sp³-hybridized carbons (Fsp3) is 0.562. The normalized spacial score (nSPS) is 21.7. The molecular formula is C16H18F5N3O2. The first kappa shape index (κ1) is 20.1. The van der Waals surface area contributed by atoms with Crippen LogP contribution in [0.4, 0.5) is 22.0 Å². The van der Waals surface area contributed by atoms with E-state index in [4.69, 9.17) is 4.74 Å². The lowest BCUT2D eigenvalue weighted by atomic mass is 10.0. The highest BCUT2D eigenvalue weighted by atomic mass is 19.4. The highest BCUT2D eigenvalue weighted by Gasteiger charge is 2.39. The van der Waals surface area contributed by atoms with Crippen molar-refractivity contribution in [3.8, 4) is 5.88 Å². The number of amides is 1. The van der Waals surface area contributed by atoms with E-state index in [9.17, 15) is 26.7 Å². The summed E-state index contributed by atoms with van der Waals surface area (Å²) in [7, 11) is 0. The number of rotatable bonds is 6. The van der Waals surface area contributed by atoms with E-state index < -0.39 is 36.4 Å². The molecule has 0 bridgehead atoms. The lowest BCUT2D eigenvalue weighted by Crippen LogP contribution is -2.32. The molecule has 0 unspecified atom stereocenters. The molecule has 0 radical (unpaired) electrons. The molecule has 0 aliphatic heterocycles. The predicted octanol–water partition coefficient (Wildman–Crippen LogP) is 3.27. The third kappa shape index (κ3) is 5.12. The van der Waals surface area contributed by atoms with Crippen LogP contribution in [0.25, 0.3) is 0 Å². The van der Waals surface area contributed by atoms with E-state index in [1.165, 1.54) is 6.07 Å². The summed E-state index contributed by atoms with van der Waals surface area (Å²) in [5, 5.41) is 2.53. The fourth-order valence-electron chi connectivity index (χ4n) is 2.60. The number of aromatic nitrogens is 2. The van der Waals surface area contributed by atoms with Crippen LogP contribution < -0.4 is 10.1 Å². The van der Waals surface area contributed by atoms with Crippen LogP contribution in [0, 0.1) is 11.8 Å². The number of hydrogen-bond donors (Lipinski definition) is 1. The average molecular weight is 379 g/mol. The Morgan fingerprint density at radius 2 is 2.12 bits per heavy atom. The molecular weight excluding hydrogens is 361 g/mol. The lowest BCUT2D eigenvalue weighted by molar-refractivity contribution is -0.190. The first-order valence-electron chi connectivity index (χ1n) is 7.85. The quantitative estimate of drug-likeness (QED) is 0.609. The number of hydrogen-bond acceptors (Lipinski definition) is 4. The molecule has 1 aromatic rings.